The third-order valence-corrected chi connectivity index (χ3v) is 5.30. The van der Waals surface area contributed by atoms with Gasteiger partial charge in [0.15, 0.2) is 0 Å². The third kappa shape index (κ3) is 3.29. The van der Waals surface area contributed by atoms with E-state index in [4.69, 9.17) is 4.74 Å². The average molecular weight is 363 g/mol. The Morgan fingerprint density at radius 3 is 2.72 bits per heavy atom. The average Bonchev–Trinajstić information content (AvgIpc) is 2.89. The monoisotopic (exact) mass is 363 g/mol. The molecule has 0 spiro atoms. The largest absolute Gasteiger partial charge is 0.439 e. The van der Waals surface area contributed by atoms with Gasteiger partial charge in [0, 0.05) is 31.3 Å². The number of hydrazone groups is 1. The molecule has 0 aromatic carbocycles. The Bertz CT molecular complexity index is 548. The first-order chi connectivity index (χ1) is 11.7. The maximum absolute atomic E-state index is 13.7. The van der Waals surface area contributed by atoms with Crippen molar-refractivity contribution in [2.45, 2.75) is 44.5 Å². The minimum atomic E-state index is -4.95. The molecule has 1 amide bonds. The highest BCUT2D eigenvalue weighted by atomic mass is 19.4. The number of fused-ring (bicyclic) bond motifs is 1. The predicted octanol–water partition coefficient (Wildman–Crippen LogP) is 1.59. The van der Waals surface area contributed by atoms with E-state index in [2.05, 4.69) is 5.10 Å². The topological polar surface area (TPSA) is 65.4 Å². The molecule has 6 nitrogen and oxygen atoms in total. The molecule has 0 aromatic heterocycles. The quantitative estimate of drug-likeness (QED) is 0.827. The number of aliphatic hydroxyl groups is 1. The number of nitrogens with zero attached hydrogens (tertiary/aromatic N) is 3. The van der Waals surface area contributed by atoms with Crippen molar-refractivity contribution < 1.29 is 27.8 Å². The van der Waals surface area contributed by atoms with Gasteiger partial charge in [-0.25, -0.2) is 0 Å². The number of carbonyl (C=O) groups is 1. The molecule has 0 bridgehead atoms. The van der Waals surface area contributed by atoms with Crippen LogP contribution >= 0.6 is 0 Å². The molecular weight excluding hydrogens is 339 g/mol. The molecule has 0 unspecified atom stereocenters. The summed E-state index contributed by atoms with van der Waals surface area (Å²) in [7, 11) is 0. The Morgan fingerprint density at radius 2 is 2.08 bits per heavy atom. The van der Waals surface area contributed by atoms with E-state index >= 15 is 0 Å². The van der Waals surface area contributed by atoms with Crippen LogP contribution in [0.2, 0.25) is 0 Å². The fourth-order valence-electron chi connectivity index (χ4n) is 3.89. The highest BCUT2D eigenvalue weighted by Gasteiger charge is 2.68. The zero-order valence-corrected chi connectivity index (χ0v) is 14.3. The van der Waals surface area contributed by atoms with Crippen LogP contribution in [0.5, 0.6) is 0 Å². The van der Waals surface area contributed by atoms with Crippen LogP contribution in [0.4, 0.5) is 13.2 Å². The Labute approximate surface area is 144 Å². The smallest absolute Gasteiger partial charge is 0.379 e. The summed E-state index contributed by atoms with van der Waals surface area (Å²) in [6.45, 7) is 4.26. The molecule has 1 saturated heterocycles. The van der Waals surface area contributed by atoms with Crippen molar-refractivity contribution in [3.05, 3.63) is 0 Å². The van der Waals surface area contributed by atoms with Crippen LogP contribution in [0.3, 0.4) is 0 Å². The van der Waals surface area contributed by atoms with Gasteiger partial charge in [0.1, 0.15) is 0 Å². The molecule has 3 rings (SSSR count). The summed E-state index contributed by atoms with van der Waals surface area (Å²) in [6.07, 6.45) is -3.04. The van der Waals surface area contributed by atoms with Crippen molar-refractivity contribution in [1.29, 1.82) is 0 Å². The highest BCUT2D eigenvalue weighted by molar-refractivity contribution is 5.93. The van der Waals surface area contributed by atoms with Gasteiger partial charge < -0.3 is 9.84 Å². The number of morpholine rings is 1. The summed E-state index contributed by atoms with van der Waals surface area (Å²) in [5.74, 6) is -2.63. The summed E-state index contributed by atoms with van der Waals surface area (Å²) >= 11 is 0. The first-order valence-electron chi connectivity index (χ1n) is 8.75. The van der Waals surface area contributed by atoms with E-state index in [1.807, 2.05) is 4.90 Å². The van der Waals surface area contributed by atoms with E-state index in [-0.39, 0.29) is 12.1 Å². The summed E-state index contributed by atoms with van der Waals surface area (Å²) in [5, 5.41) is 14.8. The second-order valence-electron chi connectivity index (χ2n) is 7.08. The van der Waals surface area contributed by atoms with Crippen LogP contribution in [0.15, 0.2) is 5.10 Å². The Balaban J connectivity index is 1.80. The summed E-state index contributed by atoms with van der Waals surface area (Å²) in [6, 6.07) is 0. The SMILES string of the molecule is C[C@H](CN1CCOCC1)C(=O)N1N=C2CCCC[C@H]2[C@]1(O)C(F)(F)F. The van der Waals surface area contributed by atoms with Crippen LogP contribution in [0.25, 0.3) is 0 Å². The second-order valence-corrected chi connectivity index (χ2v) is 7.08. The standard InChI is InChI=1S/C16H24F3N3O3/c1-11(10-21-6-8-25-9-7-21)14(23)22-15(24,16(17,18)19)12-4-2-3-5-13(12)20-22/h11-12,24H,2-10H2,1H3/t11-,12-,15+/m1/s1. The molecule has 3 aliphatic rings. The molecule has 2 heterocycles. The molecule has 9 heteroatoms. The summed E-state index contributed by atoms with van der Waals surface area (Å²) < 4.78 is 46.3. The Kier molecular flexibility index (Phi) is 5.09. The number of hydrogen-bond donors (Lipinski definition) is 1. The molecule has 25 heavy (non-hydrogen) atoms. The van der Waals surface area contributed by atoms with E-state index in [0.717, 1.165) is 6.42 Å². The minimum absolute atomic E-state index is 0.191. The third-order valence-electron chi connectivity index (χ3n) is 5.30. The number of alkyl halides is 3. The minimum Gasteiger partial charge on any atom is -0.379 e. The van der Waals surface area contributed by atoms with Crippen molar-refractivity contribution in [3.63, 3.8) is 0 Å². The van der Waals surface area contributed by atoms with E-state index in [9.17, 15) is 23.1 Å². The summed E-state index contributed by atoms with van der Waals surface area (Å²) in [4.78, 5) is 14.7. The lowest BCUT2D eigenvalue weighted by Crippen LogP contribution is -2.62. The first kappa shape index (κ1) is 18.6. The molecule has 1 N–H and O–H groups in total. The van der Waals surface area contributed by atoms with Gasteiger partial charge in [-0.1, -0.05) is 13.3 Å². The van der Waals surface area contributed by atoms with Crippen molar-refractivity contribution in [2.24, 2.45) is 16.9 Å². The predicted molar refractivity (Wildman–Crippen MR) is 83.7 cm³/mol. The maximum atomic E-state index is 13.7. The lowest BCUT2D eigenvalue weighted by molar-refractivity contribution is -0.317. The molecule has 2 fully saturated rings. The van der Waals surface area contributed by atoms with E-state index < -0.39 is 29.6 Å². The van der Waals surface area contributed by atoms with Crippen molar-refractivity contribution in [2.75, 3.05) is 32.8 Å². The molecule has 3 atom stereocenters. The fraction of sp³-hybridized carbons (Fsp3) is 0.875. The summed E-state index contributed by atoms with van der Waals surface area (Å²) in [5.41, 5.74) is -2.93. The Morgan fingerprint density at radius 1 is 1.40 bits per heavy atom. The zero-order chi connectivity index (χ0) is 18.2. The molecule has 142 valence electrons. The number of carbonyl (C=O) groups excluding carboxylic acids is 1. The van der Waals surface area contributed by atoms with Gasteiger partial charge in [-0.15, -0.1) is 0 Å². The van der Waals surface area contributed by atoms with Gasteiger partial charge in [-0.3, -0.25) is 9.69 Å². The molecule has 0 radical (unpaired) electrons. The van der Waals surface area contributed by atoms with Crippen LogP contribution in [0.1, 0.15) is 32.6 Å². The highest BCUT2D eigenvalue weighted by Crippen LogP contribution is 2.48. The molecule has 0 aromatic rings. The van der Waals surface area contributed by atoms with Crippen molar-refractivity contribution in [1.82, 2.24) is 9.91 Å². The number of ether oxygens (including phenoxy) is 1. The second kappa shape index (κ2) is 6.85. The van der Waals surface area contributed by atoms with Gasteiger partial charge in [-0.2, -0.15) is 23.3 Å². The van der Waals surface area contributed by atoms with Crippen LogP contribution in [-0.2, 0) is 9.53 Å². The molecule has 1 aliphatic carbocycles. The van der Waals surface area contributed by atoms with Gasteiger partial charge in [-0.05, 0) is 19.3 Å². The maximum Gasteiger partial charge on any atom is 0.439 e. The van der Waals surface area contributed by atoms with Crippen molar-refractivity contribution >= 4 is 11.6 Å². The number of hydrogen-bond acceptors (Lipinski definition) is 5. The van der Waals surface area contributed by atoms with Gasteiger partial charge >= 0.3 is 6.18 Å². The van der Waals surface area contributed by atoms with Crippen LogP contribution in [0, 0.1) is 11.8 Å². The van der Waals surface area contributed by atoms with Crippen LogP contribution < -0.4 is 0 Å². The number of rotatable bonds is 3. The van der Waals surface area contributed by atoms with Gasteiger partial charge in [0.2, 0.25) is 5.91 Å². The Hall–Kier alpha value is -1.19. The van der Waals surface area contributed by atoms with Crippen molar-refractivity contribution in [3.8, 4) is 0 Å². The fourth-order valence-corrected chi connectivity index (χ4v) is 3.89. The van der Waals surface area contributed by atoms with Crippen LogP contribution in [-0.4, -0.2) is 71.4 Å². The first-order valence-corrected chi connectivity index (χ1v) is 8.75. The normalized spacial score (nSPS) is 32.3. The molecule has 2 aliphatic heterocycles. The van der Waals surface area contributed by atoms with E-state index in [1.165, 1.54) is 0 Å². The molecule has 1 saturated carbocycles. The molecular formula is C16H24F3N3O3. The van der Waals surface area contributed by atoms with Gasteiger partial charge in [0.05, 0.1) is 19.1 Å². The number of halogens is 3. The lowest BCUT2D eigenvalue weighted by atomic mass is 9.80. The number of amides is 1. The lowest BCUT2D eigenvalue weighted by Gasteiger charge is -2.39. The van der Waals surface area contributed by atoms with Gasteiger partial charge in [0.25, 0.3) is 5.72 Å². The van der Waals surface area contributed by atoms with E-state index in [0.29, 0.717) is 50.7 Å². The van der Waals surface area contributed by atoms with E-state index in [1.54, 1.807) is 6.92 Å². The zero-order valence-electron chi connectivity index (χ0n) is 14.3.